The van der Waals surface area contributed by atoms with Crippen LogP contribution in [-0.4, -0.2) is 39.3 Å². The lowest BCUT2D eigenvalue weighted by Crippen LogP contribution is -2.23. The summed E-state index contributed by atoms with van der Waals surface area (Å²) < 4.78 is 0. The molecule has 0 aliphatic carbocycles. The van der Waals surface area contributed by atoms with E-state index in [9.17, 15) is 19.8 Å². The van der Waals surface area contributed by atoms with Crippen LogP contribution in [-0.2, 0) is 9.59 Å². The van der Waals surface area contributed by atoms with E-state index in [4.69, 9.17) is 5.11 Å². The quantitative estimate of drug-likeness (QED) is 0.317. The number of carbonyl (C=O) groups excluding carboxylic acids is 1. The number of carboxylic acid groups (broad SMARTS) is 1. The summed E-state index contributed by atoms with van der Waals surface area (Å²) in [4.78, 5) is 21.8. The third-order valence-electron chi connectivity index (χ3n) is 3.79. The molecule has 134 valence electrons. The van der Waals surface area contributed by atoms with E-state index >= 15 is 0 Å². The van der Waals surface area contributed by atoms with Gasteiger partial charge in [-0.3, -0.25) is 9.59 Å². The number of ketones is 1. The molecule has 2 atom stereocenters. The van der Waals surface area contributed by atoms with Crippen molar-refractivity contribution in [3.05, 3.63) is 12.2 Å². The van der Waals surface area contributed by atoms with Crippen molar-refractivity contribution in [1.82, 2.24) is 0 Å². The molecule has 0 aromatic rings. The summed E-state index contributed by atoms with van der Waals surface area (Å²) in [5, 5.41) is 28.1. The lowest BCUT2D eigenvalue weighted by molar-refractivity contribution is -0.137. The lowest BCUT2D eigenvalue weighted by atomic mass is 10.0. The van der Waals surface area contributed by atoms with Gasteiger partial charge in [0.2, 0.25) is 0 Å². The lowest BCUT2D eigenvalue weighted by Gasteiger charge is -2.14. The van der Waals surface area contributed by atoms with E-state index in [2.05, 4.69) is 6.92 Å². The summed E-state index contributed by atoms with van der Waals surface area (Å²) >= 11 is 0. The molecule has 0 aliphatic rings. The minimum absolute atomic E-state index is 0.0387. The average molecular weight is 328 g/mol. The molecule has 0 aromatic heterocycles. The predicted molar refractivity (Wildman–Crippen MR) is 90.3 cm³/mol. The summed E-state index contributed by atoms with van der Waals surface area (Å²) in [6.45, 7) is 2.18. The minimum Gasteiger partial charge on any atom is -0.481 e. The monoisotopic (exact) mass is 328 g/mol. The summed E-state index contributed by atoms with van der Waals surface area (Å²) in [5.41, 5.74) is 0. The molecule has 0 aliphatic heterocycles. The van der Waals surface area contributed by atoms with Crippen LogP contribution >= 0.6 is 0 Å². The standard InChI is InChI=1S/C18H32O5/c1-2-3-4-5-6-7-8-11-16(20)17(21)14-13-15(19)10-9-12-18(22)23/h13-14,16-17,20-21H,2-12H2,1H3,(H,22,23)/b14-13+. The fourth-order valence-electron chi connectivity index (χ4n) is 2.31. The summed E-state index contributed by atoms with van der Waals surface area (Å²) in [7, 11) is 0. The highest BCUT2D eigenvalue weighted by Gasteiger charge is 2.13. The van der Waals surface area contributed by atoms with Crippen LogP contribution in [0.15, 0.2) is 12.2 Å². The van der Waals surface area contributed by atoms with Crippen molar-refractivity contribution in [3.8, 4) is 0 Å². The number of unbranched alkanes of at least 4 members (excludes halogenated alkanes) is 6. The number of allylic oxidation sites excluding steroid dienone is 1. The molecular formula is C18H32O5. The van der Waals surface area contributed by atoms with Gasteiger partial charge in [0.15, 0.2) is 5.78 Å². The van der Waals surface area contributed by atoms with Gasteiger partial charge in [0.25, 0.3) is 0 Å². The highest BCUT2D eigenvalue weighted by Crippen LogP contribution is 2.12. The van der Waals surface area contributed by atoms with Gasteiger partial charge in [0, 0.05) is 12.8 Å². The van der Waals surface area contributed by atoms with Crippen molar-refractivity contribution in [1.29, 1.82) is 0 Å². The maximum atomic E-state index is 11.5. The molecule has 0 amide bonds. The van der Waals surface area contributed by atoms with E-state index in [1.165, 1.54) is 37.8 Å². The van der Waals surface area contributed by atoms with Crippen LogP contribution in [0.4, 0.5) is 0 Å². The topological polar surface area (TPSA) is 94.8 Å². The second kappa shape index (κ2) is 14.4. The molecule has 0 bridgehead atoms. The number of hydrogen-bond acceptors (Lipinski definition) is 4. The number of carboxylic acids is 1. The molecule has 0 heterocycles. The first kappa shape index (κ1) is 21.8. The zero-order valence-electron chi connectivity index (χ0n) is 14.2. The molecule has 5 heteroatoms. The van der Waals surface area contributed by atoms with Crippen LogP contribution in [0.1, 0.15) is 77.6 Å². The van der Waals surface area contributed by atoms with E-state index in [0.717, 1.165) is 19.3 Å². The first-order valence-electron chi connectivity index (χ1n) is 8.76. The van der Waals surface area contributed by atoms with Crippen molar-refractivity contribution in [3.63, 3.8) is 0 Å². The van der Waals surface area contributed by atoms with Gasteiger partial charge in [0.05, 0.1) is 12.2 Å². The largest absolute Gasteiger partial charge is 0.481 e. The van der Waals surface area contributed by atoms with Crippen molar-refractivity contribution < 1.29 is 24.9 Å². The van der Waals surface area contributed by atoms with Gasteiger partial charge in [-0.2, -0.15) is 0 Å². The predicted octanol–water partition coefficient (Wildman–Crippen LogP) is 3.23. The van der Waals surface area contributed by atoms with Gasteiger partial charge in [-0.1, -0.05) is 57.9 Å². The molecule has 0 fully saturated rings. The van der Waals surface area contributed by atoms with E-state index in [0.29, 0.717) is 6.42 Å². The second-order valence-corrected chi connectivity index (χ2v) is 6.04. The van der Waals surface area contributed by atoms with Gasteiger partial charge >= 0.3 is 5.97 Å². The van der Waals surface area contributed by atoms with Gasteiger partial charge in [-0.25, -0.2) is 0 Å². The van der Waals surface area contributed by atoms with Gasteiger partial charge < -0.3 is 15.3 Å². The Bertz CT molecular complexity index is 351. The Kier molecular flexibility index (Phi) is 13.6. The smallest absolute Gasteiger partial charge is 0.303 e. The number of aliphatic hydroxyl groups excluding tert-OH is 2. The Hall–Kier alpha value is -1.20. The molecule has 3 N–H and O–H groups in total. The molecule has 0 saturated heterocycles. The normalized spacial score (nSPS) is 14.0. The Labute approximate surface area is 139 Å². The molecule has 2 unspecified atom stereocenters. The van der Waals surface area contributed by atoms with E-state index < -0.39 is 18.2 Å². The Balaban J connectivity index is 3.74. The number of aliphatic carboxylic acids is 1. The molecule has 0 radical (unpaired) electrons. The van der Waals surface area contributed by atoms with Gasteiger partial charge in [-0.15, -0.1) is 0 Å². The zero-order chi connectivity index (χ0) is 17.5. The van der Waals surface area contributed by atoms with Crippen LogP contribution in [0.5, 0.6) is 0 Å². The van der Waals surface area contributed by atoms with Gasteiger partial charge in [-0.05, 0) is 18.9 Å². The zero-order valence-corrected chi connectivity index (χ0v) is 14.2. The van der Waals surface area contributed by atoms with Gasteiger partial charge in [0.1, 0.15) is 0 Å². The van der Waals surface area contributed by atoms with Crippen molar-refractivity contribution in [2.45, 2.75) is 89.8 Å². The summed E-state index contributed by atoms with van der Waals surface area (Å²) in [6.07, 6.45) is 9.59. The Morgan fingerprint density at radius 2 is 1.52 bits per heavy atom. The molecule has 0 rings (SSSR count). The van der Waals surface area contributed by atoms with Crippen LogP contribution in [0.25, 0.3) is 0 Å². The van der Waals surface area contributed by atoms with Crippen molar-refractivity contribution in [2.24, 2.45) is 0 Å². The molecule has 0 spiro atoms. The van der Waals surface area contributed by atoms with Crippen molar-refractivity contribution >= 4 is 11.8 Å². The Morgan fingerprint density at radius 1 is 0.913 bits per heavy atom. The summed E-state index contributed by atoms with van der Waals surface area (Å²) in [5.74, 6) is -1.15. The van der Waals surface area contributed by atoms with Crippen molar-refractivity contribution in [2.75, 3.05) is 0 Å². The first-order chi connectivity index (χ1) is 11.0. The fraction of sp³-hybridized carbons (Fsp3) is 0.778. The van der Waals surface area contributed by atoms with E-state index in [-0.39, 0.29) is 25.0 Å². The van der Waals surface area contributed by atoms with E-state index in [1.807, 2.05) is 0 Å². The number of aliphatic hydroxyl groups is 2. The average Bonchev–Trinajstić information content (AvgIpc) is 2.51. The SMILES string of the molecule is CCCCCCCCCC(O)C(O)/C=C/C(=O)CCCC(=O)O. The maximum absolute atomic E-state index is 11.5. The maximum Gasteiger partial charge on any atom is 0.303 e. The Morgan fingerprint density at radius 3 is 2.13 bits per heavy atom. The molecule has 5 nitrogen and oxygen atoms in total. The van der Waals surface area contributed by atoms with Crippen LogP contribution in [0.2, 0.25) is 0 Å². The highest BCUT2D eigenvalue weighted by atomic mass is 16.4. The highest BCUT2D eigenvalue weighted by molar-refractivity contribution is 5.89. The van der Waals surface area contributed by atoms with Crippen LogP contribution in [0.3, 0.4) is 0 Å². The second-order valence-electron chi connectivity index (χ2n) is 6.04. The third-order valence-corrected chi connectivity index (χ3v) is 3.79. The van der Waals surface area contributed by atoms with Crippen LogP contribution < -0.4 is 0 Å². The number of rotatable bonds is 15. The minimum atomic E-state index is -1.04. The molecular weight excluding hydrogens is 296 g/mol. The first-order valence-corrected chi connectivity index (χ1v) is 8.76. The number of carbonyl (C=O) groups is 2. The number of hydrogen-bond donors (Lipinski definition) is 3. The van der Waals surface area contributed by atoms with E-state index in [1.54, 1.807) is 0 Å². The molecule has 23 heavy (non-hydrogen) atoms. The third kappa shape index (κ3) is 14.1. The molecule has 0 aromatic carbocycles. The van der Waals surface area contributed by atoms with Crippen LogP contribution in [0, 0.1) is 0 Å². The fourth-order valence-corrected chi connectivity index (χ4v) is 2.31. The summed E-state index contributed by atoms with van der Waals surface area (Å²) in [6, 6.07) is 0. The molecule has 0 saturated carbocycles.